The predicted octanol–water partition coefficient (Wildman–Crippen LogP) is 0.569. The second-order valence-corrected chi connectivity index (χ2v) is 4.60. The van der Waals surface area contributed by atoms with Gasteiger partial charge in [0.05, 0.1) is 12.7 Å². The summed E-state index contributed by atoms with van der Waals surface area (Å²) in [5.74, 6) is 0.155. The van der Waals surface area contributed by atoms with Crippen molar-refractivity contribution in [1.82, 2.24) is 0 Å². The maximum atomic E-state index is 11.0. The molecule has 5 nitrogen and oxygen atoms in total. The SMILES string of the molecule is C=CCOC1OC(CSC)C(O)[C@@H]1OC(C)=O. The summed E-state index contributed by atoms with van der Waals surface area (Å²) in [5.41, 5.74) is 0. The molecule has 3 unspecified atom stereocenters. The Morgan fingerprint density at radius 2 is 2.35 bits per heavy atom. The molecule has 17 heavy (non-hydrogen) atoms. The van der Waals surface area contributed by atoms with E-state index >= 15 is 0 Å². The van der Waals surface area contributed by atoms with E-state index in [1.165, 1.54) is 6.92 Å². The summed E-state index contributed by atoms with van der Waals surface area (Å²) in [6.45, 7) is 5.10. The fraction of sp³-hybridized carbons (Fsp3) is 0.727. The van der Waals surface area contributed by atoms with Crippen LogP contribution in [0.2, 0.25) is 0 Å². The van der Waals surface area contributed by atoms with E-state index in [4.69, 9.17) is 14.2 Å². The molecule has 1 rings (SSSR count). The third-order valence-corrected chi connectivity index (χ3v) is 2.97. The Kier molecular flexibility index (Phi) is 5.97. The summed E-state index contributed by atoms with van der Waals surface area (Å²) < 4.78 is 15.9. The molecule has 6 heteroatoms. The third-order valence-electron chi connectivity index (χ3n) is 2.31. The largest absolute Gasteiger partial charge is 0.454 e. The fourth-order valence-electron chi connectivity index (χ4n) is 1.62. The van der Waals surface area contributed by atoms with Gasteiger partial charge in [-0.3, -0.25) is 4.79 Å². The van der Waals surface area contributed by atoms with Gasteiger partial charge in [-0.25, -0.2) is 0 Å². The van der Waals surface area contributed by atoms with Crippen LogP contribution in [0.1, 0.15) is 6.92 Å². The number of carbonyl (C=O) groups is 1. The second kappa shape index (κ2) is 7.00. The summed E-state index contributed by atoms with van der Waals surface area (Å²) in [6.07, 6.45) is 0.732. The highest BCUT2D eigenvalue weighted by Crippen LogP contribution is 2.27. The van der Waals surface area contributed by atoms with Crippen molar-refractivity contribution in [2.45, 2.75) is 31.5 Å². The molecular weight excluding hydrogens is 244 g/mol. The number of rotatable bonds is 6. The van der Waals surface area contributed by atoms with E-state index in [2.05, 4.69) is 6.58 Å². The average molecular weight is 262 g/mol. The van der Waals surface area contributed by atoms with Crippen LogP contribution in [0, 0.1) is 0 Å². The molecule has 0 saturated carbocycles. The molecule has 1 fully saturated rings. The monoisotopic (exact) mass is 262 g/mol. The minimum Gasteiger partial charge on any atom is -0.454 e. The zero-order chi connectivity index (χ0) is 12.8. The minimum absolute atomic E-state index is 0.279. The van der Waals surface area contributed by atoms with Crippen molar-refractivity contribution in [2.75, 3.05) is 18.6 Å². The molecule has 1 aliphatic rings. The van der Waals surface area contributed by atoms with Crippen molar-refractivity contribution >= 4 is 17.7 Å². The van der Waals surface area contributed by atoms with Gasteiger partial charge >= 0.3 is 5.97 Å². The average Bonchev–Trinajstić information content (AvgIpc) is 2.55. The molecule has 1 aliphatic heterocycles. The van der Waals surface area contributed by atoms with Crippen LogP contribution in [0.25, 0.3) is 0 Å². The number of aliphatic hydroxyl groups is 1. The number of hydrogen-bond acceptors (Lipinski definition) is 6. The predicted molar refractivity (Wildman–Crippen MR) is 64.8 cm³/mol. The van der Waals surface area contributed by atoms with Crippen molar-refractivity contribution in [2.24, 2.45) is 0 Å². The summed E-state index contributed by atoms with van der Waals surface area (Å²) >= 11 is 1.55. The molecule has 0 radical (unpaired) electrons. The highest BCUT2D eigenvalue weighted by atomic mass is 32.2. The molecule has 0 bridgehead atoms. The van der Waals surface area contributed by atoms with Crippen molar-refractivity contribution in [3.63, 3.8) is 0 Å². The smallest absolute Gasteiger partial charge is 0.303 e. The molecular formula is C11H18O5S. The van der Waals surface area contributed by atoms with Crippen molar-refractivity contribution in [3.8, 4) is 0 Å². The molecule has 1 saturated heterocycles. The lowest BCUT2D eigenvalue weighted by atomic mass is 10.1. The number of carbonyl (C=O) groups excluding carboxylic acids is 1. The Balaban J connectivity index is 2.64. The lowest BCUT2D eigenvalue weighted by molar-refractivity contribution is -0.181. The van der Waals surface area contributed by atoms with Gasteiger partial charge in [0.15, 0.2) is 12.4 Å². The van der Waals surface area contributed by atoms with Crippen molar-refractivity contribution in [3.05, 3.63) is 12.7 Å². The molecule has 1 N–H and O–H groups in total. The minimum atomic E-state index is -0.860. The number of thioether (sulfide) groups is 1. The highest BCUT2D eigenvalue weighted by Gasteiger charge is 2.46. The third kappa shape index (κ3) is 3.99. The Morgan fingerprint density at radius 3 is 2.88 bits per heavy atom. The quantitative estimate of drug-likeness (QED) is 0.557. The zero-order valence-electron chi connectivity index (χ0n) is 10.00. The maximum Gasteiger partial charge on any atom is 0.303 e. The summed E-state index contributed by atoms with van der Waals surface area (Å²) in [6, 6.07) is 0. The van der Waals surface area contributed by atoms with Crippen LogP contribution in [0.4, 0.5) is 0 Å². The van der Waals surface area contributed by atoms with Crippen LogP contribution in [0.3, 0.4) is 0 Å². The van der Waals surface area contributed by atoms with E-state index in [0.717, 1.165) is 0 Å². The molecule has 0 aromatic rings. The Morgan fingerprint density at radius 1 is 1.65 bits per heavy atom. The number of aliphatic hydroxyl groups excluding tert-OH is 1. The van der Waals surface area contributed by atoms with E-state index < -0.39 is 24.5 Å². The maximum absolute atomic E-state index is 11.0. The Hall–Kier alpha value is -0.560. The van der Waals surface area contributed by atoms with Gasteiger partial charge in [0.2, 0.25) is 0 Å². The van der Waals surface area contributed by atoms with Gasteiger partial charge in [-0.1, -0.05) is 6.08 Å². The van der Waals surface area contributed by atoms with Gasteiger partial charge in [0.1, 0.15) is 6.10 Å². The first-order valence-corrected chi connectivity index (χ1v) is 6.71. The summed E-state index contributed by atoms with van der Waals surface area (Å²) in [7, 11) is 0. The molecule has 0 aromatic heterocycles. The number of hydrogen-bond donors (Lipinski definition) is 1. The molecule has 0 aliphatic carbocycles. The van der Waals surface area contributed by atoms with E-state index in [-0.39, 0.29) is 12.7 Å². The van der Waals surface area contributed by atoms with E-state index in [9.17, 15) is 9.90 Å². The first-order valence-electron chi connectivity index (χ1n) is 5.32. The molecule has 0 spiro atoms. The van der Waals surface area contributed by atoms with Crippen LogP contribution in [-0.4, -0.2) is 54.3 Å². The molecule has 0 aromatic carbocycles. The standard InChI is InChI=1S/C11H18O5S/c1-4-5-14-11-10(15-7(2)12)9(13)8(16-11)6-17-3/h4,8-11,13H,1,5-6H2,2-3H3/t8?,9?,10-,11?/m0/s1. The number of ether oxygens (including phenoxy) is 3. The van der Waals surface area contributed by atoms with Crippen LogP contribution in [0.5, 0.6) is 0 Å². The topological polar surface area (TPSA) is 65.0 Å². The molecule has 1 heterocycles. The van der Waals surface area contributed by atoms with Crippen LogP contribution in [-0.2, 0) is 19.0 Å². The van der Waals surface area contributed by atoms with E-state index in [0.29, 0.717) is 5.75 Å². The Bertz CT molecular complexity index is 271. The molecule has 98 valence electrons. The van der Waals surface area contributed by atoms with E-state index in [1.807, 2.05) is 6.26 Å². The van der Waals surface area contributed by atoms with Crippen LogP contribution < -0.4 is 0 Å². The van der Waals surface area contributed by atoms with Crippen LogP contribution in [0.15, 0.2) is 12.7 Å². The first kappa shape index (κ1) is 14.5. The van der Waals surface area contributed by atoms with Gasteiger partial charge < -0.3 is 19.3 Å². The first-order chi connectivity index (χ1) is 8.10. The normalized spacial score (nSPS) is 32.4. The molecule has 0 amide bonds. The summed E-state index contributed by atoms with van der Waals surface area (Å²) in [4.78, 5) is 11.0. The summed E-state index contributed by atoms with van der Waals surface area (Å²) in [5, 5.41) is 9.98. The van der Waals surface area contributed by atoms with Gasteiger partial charge in [0, 0.05) is 12.7 Å². The lowest BCUT2D eigenvalue weighted by Crippen LogP contribution is -2.38. The van der Waals surface area contributed by atoms with Crippen LogP contribution >= 0.6 is 11.8 Å². The lowest BCUT2D eigenvalue weighted by Gasteiger charge is -2.19. The van der Waals surface area contributed by atoms with Crippen molar-refractivity contribution in [1.29, 1.82) is 0 Å². The zero-order valence-corrected chi connectivity index (χ0v) is 10.8. The van der Waals surface area contributed by atoms with Gasteiger partial charge in [-0.15, -0.1) is 6.58 Å². The number of esters is 1. The highest BCUT2D eigenvalue weighted by molar-refractivity contribution is 7.98. The molecule has 4 atom stereocenters. The van der Waals surface area contributed by atoms with Gasteiger partial charge in [-0.05, 0) is 6.26 Å². The van der Waals surface area contributed by atoms with Gasteiger partial charge in [-0.2, -0.15) is 11.8 Å². The van der Waals surface area contributed by atoms with Crippen molar-refractivity contribution < 1.29 is 24.1 Å². The van der Waals surface area contributed by atoms with Gasteiger partial charge in [0.25, 0.3) is 0 Å². The van der Waals surface area contributed by atoms with E-state index in [1.54, 1.807) is 17.8 Å². The fourth-order valence-corrected chi connectivity index (χ4v) is 2.22. The second-order valence-electron chi connectivity index (χ2n) is 3.68. The Labute approximate surface area is 105 Å².